The minimum Gasteiger partial charge on any atom is -0.388 e. The number of fused-ring (bicyclic) bond motifs is 1. The number of hydrogen-bond donors (Lipinski definition) is 1. The number of thiophene rings is 1. The van der Waals surface area contributed by atoms with Gasteiger partial charge in [0.25, 0.3) is 0 Å². The maximum absolute atomic E-state index is 10.5. The lowest BCUT2D eigenvalue weighted by Gasteiger charge is -2.26. The lowest BCUT2D eigenvalue weighted by Crippen LogP contribution is -2.23. The van der Waals surface area contributed by atoms with Gasteiger partial charge in [-0.3, -0.25) is 0 Å². The maximum Gasteiger partial charge on any atom is 0.0854 e. The molecule has 1 fully saturated rings. The summed E-state index contributed by atoms with van der Waals surface area (Å²) in [7, 11) is 0. The SMILES string of the molecule is OC(c1csc2ccccc12)C1CCCOC1. The van der Waals surface area contributed by atoms with E-state index in [-0.39, 0.29) is 12.0 Å². The molecule has 2 aromatic rings. The quantitative estimate of drug-likeness (QED) is 0.883. The van der Waals surface area contributed by atoms with Gasteiger partial charge in [-0.1, -0.05) is 18.2 Å². The molecule has 1 saturated heterocycles. The van der Waals surface area contributed by atoms with E-state index in [0.717, 1.165) is 25.0 Å². The Morgan fingerprint density at radius 2 is 2.24 bits per heavy atom. The first-order valence-electron chi connectivity index (χ1n) is 6.08. The van der Waals surface area contributed by atoms with Gasteiger partial charge in [0, 0.05) is 17.2 Å². The Morgan fingerprint density at radius 3 is 3.06 bits per heavy atom. The first kappa shape index (κ1) is 11.2. The zero-order valence-electron chi connectivity index (χ0n) is 9.63. The van der Waals surface area contributed by atoms with E-state index in [1.54, 1.807) is 11.3 Å². The number of aliphatic hydroxyl groups excluding tert-OH is 1. The Kier molecular flexibility index (Phi) is 3.14. The zero-order valence-corrected chi connectivity index (χ0v) is 10.5. The summed E-state index contributed by atoms with van der Waals surface area (Å²) in [5.74, 6) is 0.252. The van der Waals surface area contributed by atoms with E-state index in [1.165, 1.54) is 10.1 Å². The predicted octanol–water partition coefficient (Wildman–Crippen LogP) is 3.36. The van der Waals surface area contributed by atoms with E-state index >= 15 is 0 Å². The molecule has 2 nitrogen and oxygen atoms in total. The van der Waals surface area contributed by atoms with Gasteiger partial charge in [0.2, 0.25) is 0 Å². The van der Waals surface area contributed by atoms with Crippen LogP contribution in [-0.4, -0.2) is 18.3 Å². The fourth-order valence-electron chi connectivity index (χ4n) is 2.50. The van der Waals surface area contributed by atoms with Crippen molar-refractivity contribution in [1.29, 1.82) is 0 Å². The molecule has 3 heteroatoms. The van der Waals surface area contributed by atoms with E-state index in [1.807, 2.05) is 12.1 Å². The fraction of sp³-hybridized carbons (Fsp3) is 0.429. The van der Waals surface area contributed by atoms with Gasteiger partial charge in [0.15, 0.2) is 0 Å². The first-order valence-corrected chi connectivity index (χ1v) is 6.96. The Balaban J connectivity index is 1.92. The van der Waals surface area contributed by atoms with Crippen LogP contribution >= 0.6 is 11.3 Å². The van der Waals surface area contributed by atoms with Crippen LogP contribution < -0.4 is 0 Å². The highest BCUT2D eigenvalue weighted by atomic mass is 32.1. The Labute approximate surface area is 105 Å². The molecule has 1 aliphatic rings. The van der Waals surface area contributed by atoms with Crippen molar-refractivity contribution in [3.8, 4) is 0 Å². The molecular weight excluding hydrogens is 232 g/mol. The molecule has 90 valence electrons. The van der Waals surface area contributed by atoms with E-state index in [4.69, 9.17) is 4.74 Å². The average Bonchev–Trinajstić information content (AvgIpc) is 2.83. The standard InChI is InChI=1S/C14H16O2S/c15-14(10-4-3-7-16-8-10)12-9-17-13-6-2-1-5-11(12)13/h1-2,5-6,9-10,14-15H,3-4,7-8H2. The van der Waals surface area contributed by atoms with Crippen LogP contribution in [0.5, 0.6) is 0 Å². The number of aliphatic hydroxyl groups is 1. The van der Waals surface area contributed by atoms with Crippen molar-refractivity contribution >= 4 is 21.4 Å². The second kappa shape index (κ2) is 4.77. The average molecular weight is 248 g/mol. The summed E-state index contributed by atoms with van der Waals surface area (Å²) in [6.45, 7) is 1.53. The number of rotatable bonds is 2. The number of benzene rings is 1. The molecule has 0 spiro atoms. The molecule has 0 saturated carbocycles. The third-order valence-corrected chi connectivity index (χ3v) is 4.45. The number of ether oxygens (including phenoxy) is 1. The monoisotopic (exact) mass is 248 g/mol. The minimum atomic E-state index is -0.383. The summed E-state index contributed by atoms with van der Waals surface area (Å²) in [5.41, 5.74) is 1.07. The molecule has 1 aromatic heterocycles. The molecule has 2 unspecified atom stereocenters. The van der Waals surface area contributed by atoms with Gasteiger partial charge in [-0.2, -0.15) is 0 Å². The molecule has 2 atom stereocenters. The highest BCUT2D eigenvalue weighted by molar-refractivity contribution is 7.17. The van der Waals surface area contributed by atoms with Gasteiger partial charge >= 0.3 is 0 Å². The van der Waals surface area contributed by atoms with E-state index in [0.29, 0.717) is 6.61 Å². The molecule has 1 aliphatic heterocycles. The summed E-state index contributed by atoms with van der Waals surface area (Å²) < 4.78 is 6.71. The van der Waals surface area contributed by atoms with E-state index in [9.17, 15) is 5.11 Å². The summed E-state index contributed by atoms with van der Waals surface area (Å²) in [6.07, 6.45) is 1.74. The van der Waals surface area contributed by atoms with Crippen LogP contribution in [0, 0.1) is 5.92 Å². The van der Waals surface area contributed by atoms with Gasteiger partial charge in [-0.05, 0) is 35.2 Å². The van der Waals surface area contributed by atoms with E-state index in [2.05, 4.69) is 17.5 Å². The van der Waals surface area contributed by atoms with Crippen LogP contribution in [-0.2, 0) is 4.74 Å². The van der Waals surface area contributed by atoms with Crippen LogP contribution in [0.4, 0.5) is 0 Å². The summed E-state index contributed by atoms with van der Waals surface area (Å²) in [4.78, 5) is 0. The summed E-state index contributed by atoms with van der Waals surface area (Å²) in [5, 5.41) is 13.7. The lowest BCUT2D eigenvalue weighted by atomic mass is 9.91. The van der Waals surface area contributed by atoms with Crippen LogP contribution in [0.25, 0.3) is 10.1 Å². The first-order chi connectivity index (χ1) is 8.36. The third-order valence-electron chi connectivity index (χ3n) is 3.47. The predicted molar refractivity (Wildman–Crippen MR) is 70.3 cm³/mol. The smallest absolute Gasteiger partial charge is 0.0854 e. The zero-order chi connectivity index (χ0) is 11.7. The molecule has 2 heterocycles. The van der Waals surface area contributed by atoms with Gasteiger partial charge in [-0.15, -0.1) is 11.3 Å². The van der Waals surface area contributed by atoms with Crippen molar-refractivity contribution in [1.82, 2.24) is 0 Å². The second-order valence-electron chi connectivity index (χ2n) is 4.61. The van der Waals surface area contributed by atoms with Crippen molar-refractivity contribution < 1.29 is 9.84 Å². The third kappa shape index (κ3) is 2.10. The second-order valence-corrected chi connectivity index (χ2v) is 5.52. The van der Waals surface area contributed by atoms with Crippen LogP contribution in [0.1, 0.15) is 24.5 Å². The minimum absolute atomic E-state index is 0.252. The van der Waals surface area contributed by atoms with Crippen LogP contribution in [0.15, 0.2) is 29.6 Å². The summed E-state index contributed by atoms with van der Waals surface area (Å²) >= 11 is 1.71. The molecule has 0 bridgehead atoms. The lowest BCUT2D eigenvalue weighted by molar-refractivity contribution is -0.00930. The molecule has 3 rings (SSSR count). The maximum atomic E-state index is 10.5. The van der Waals surface area contributed by atoms with Crippen molar-refractivity contribution in [3.05, 3.63) is 35.2 Å². The van der Waals surface area contributed by atoms with Crippen LogP contribution in [0.2, 0.25) is 0 Å². The topological polar surface area (TPSA) is 29.5 Å². The van der Waals surface area contributed by atoms with Gasteiger partial charge in [0.05, 0.1) is 12.7 Å². The molecular formula is C14H16O2S. The van der Waals surface area contributed by atoms with Gasteiger partial charge < -0.3 is 9.84 Å². The fourth-order valence-corrected chi connectivity index (χ4v) is 3.49. The van der Waals surface area contributed by atoms with Crippen molar-refractivity contribution in [2.75, 3.05) is 13.2 Å². The van der Waals surface area contributed by atoms with Crippen molar-refractivity contribution in [2.24, 2.45) is 5.92 Å². The Bertz CT molecular complexity index is 500. The van der Waals surface area contributed by atoms with Gasteiger partial charge in [-0.25, -0.2) is 0 Å². The Morgan fingerprint density at radius 1 is 1.35 bits per heavy atom. The van der Waals surface area contributed by atoms with E-state index < -0.39 is 0 Å². The summed E-state index contributed by atoms with van der Waals surface area (Å²) in [6, 6.07) is 8.27. The Hall–Kier alpha value is -0.900. The highest BCUT2D eigenvalue weighted by Gasteiger charge is 2.25. The largest absolute Gasteiger partial charge is 0.388 e. The molecule has 0 radical (unpaired) electrons. The molecule has 0 amide bonds. The molecule has 1 aromatic carbocycles. The van der Waals surface area contributed by atoms with Crippen molar-refractivity contribution in [2.45, 2.75) is 18.9 Å². The van der Waals surface area contributed by atoms with Crippen LogP contribution in [0.3, 0.4) is 0 Å². The molecule has 17 heavy (non-hydrogen) atoms. The highest BCUT2D eigenvalue weighted by Crippen LogP contribution is 2.36. The van der Waals surface area contributed by atoms with Crippen molar-refractivity contribution in [3.63, 3.8) is 0 Å². The molecule has 0 aliphatic carbocycles. The normalized spacial score (nSPS) is 22.8. The van der Waals surface area contributed by atoms with Gasteiger partial charge in [0.1, 0.15) is 0 Å². The number of hydrogen-bond acceptors (Lipinski definition) is 3. The molecule has 1 N–H and O–H groups in total.